The van der Waals surface area contributed by atoms with Gasteiger partial charge in [-0.3, -0.25) is 4.79 Å². The topological polar surface area (TPSA) is 59.6 Å². The molecule has 0 saturated carbocycles. The van der Waals surface area contributed by atoms with E-state index < -0.39 is 6.61 Å². The van der Waals surface area contributed by atoms with Gasteiger partial charge >= 0.3 is 6.61 Å². The molecule has 0 spiro atoms. The van der Waals surface area contributed by atoms with Crippen LogP contribution >= 0.6 is 12.4 Å². The largest absolute Gasteiger partial charge is 0.490 e. The van der Waals surface area contributed by atoms with Crippen molar-refractivity contribution in [2.24, 2.45) is 0 Å². The fourth-order valence-electron chi connectivity index (χ4n) is 2.51. The Morgan fingerprint density at radius 3 is 2.79 bits per heavy atom. The number of carbonyl (C=O) groups excluding carboxylic acids is 1. The molecule has 1 fully saturated rings. The van der Waals surface area contributed by atoms with Crippen molar-refractivity contribution < 1.29 is 23.0 Å². The van der Waals surface area contributed by atoms with E-state index >= 15 is 0 Å². The maximum Gasteiger partial charge on any atom is 0.387 e. The van der Waals surface area contributed by atoms with E-state index in [4.69, 9.17) is 4.74 Å². The second-order valence-electron chi connectivity index (χ2n) is 5.31. The first-order valence-electron chi connectivity index (χ1n) is 7.81. The van der Waals surface area contributed by atoms with E-state index in [0.29, 0.717) is 13.2 Å². The second-order valence-corrected chi connectivity index (χ2v) is 5.31. The van der Waals surface area contributed by atoms with Crippen molar-refractivity contribution in [3.05, 3.63) is 23.8 Å². The van der Waals surface area contributed by atoms with Gasteiger partial charge in [0.05, 0.1) is 12.6 Å². The molecule has 1 saturated heterocycles. The van der Waals surface area contributed by atoms with Crippen molar-refractivity contribution in [1.82, 2.24) is 10.6 Å². The van der Waals surface area contributed by atoms with Gasteiger partial charge in [0.25, 0.3) is 0 Å². The van der Waals surface area contributed by atoms with Crippen LogP contribution in [0.1, 0.15) is 31.7 Å². The van der Waals surface area contributed by atoms with Crippen LogP contribution in [0, 0.1) is 0 Å². The van der Waals surface area contributed by atoms with Crippen LogP contribution in [-0.2, 0) is 11.3 Å². The summed E-state index contributed by atoms with van der Waals surface area (Å²) in [4.78, 5) is 12.1. The molecule has 1 atom stereocenters. The lowest BCUT2D eigenvalue weighted by molar-refractivity contribution is -0.123. The number of benzene rings is 1. The summed E-state index contributed by atoms with van der Waals surface area (Å²) in [6, 6.07) is 4.51. The highest BCUT2D eigenvalue weighted by Crippen LogP contribution is 2.29. The quantitative estimate of drug-likeness (QED) is 0.781. The first-order valence-corrected chi connectivity index (χ1v) is 7.81. The first-order chi connectivity index (χ1) is 11.1. The van der Waals surface area contributed by atoms with E-state index in [1.54, 1.807) is 19.1 Å². The molecule has 1 aromatic rings. The highest BCUT2D eigenvalue weighted by molar-refractivity contribution is 5.85. The molecule has 1 aliphatic heterocycles. The zero-order valence-corrected chi connectivity index (χ0v) is 14.3. The Labute approximate surface area is 146 Å². The molecule has 1 amide bonds. The number of amides is 1. The Morgan fingerprint density at radius 1 is 1.38 bits per heavy atom. The molecule has 0 bridgehead atoms. The van der Waals surface area contributed by atoms with Crippen molar-refractivity contribution >= 4 is 18.3 Å². The van der Waals surface area contributed by atoms with Gasteiger partial charge in [-0.2, -0.15) is 8.78 Å². The van der Waals surface area contributed by atoms with E-state index in [0.717, 1.165) is 31.4 Å². The first kappa shape index (κ1) is 20.4. The average Bonchev–Trinajstić information content (AvgIpc) is 2.55. The summed E-state index contributed by atoms with van der Waals surface area (Å²) in [5, 5.41) is 6.03. The lowest BCUT2D eigenvalue weighted by Gasteiger charge is -2.22. The molecule has 24 heavy (non-hydrogen) atoms. The Hall–Kier alpha value is -1.60. The van der Waals surface area contributed by atoms with Crippen LogP contribution in [0.4, 0.5) is 8.78 Å². The summed E-state index contributed by atoms with van der Waals surface area (Å²) < 4.78 is 34.5. The number of halogens is 3. The van der Waals surface area contributed by atoms with E-state index in [1.165, 1.54) is 6.07 Å². The predicted molar refractivity (Wildman–Crippen MR) is 89.0 cm³/mol. The minimum atomic E-state index is -2.91. The van der Waals surface area contributed by atoms with Crippen LogP contribution < -0.4 is 20.1 Å². The molecule has 0 aromatic heterocycles. The SMILES string of the molecule is CCOc1cc(CNC(=O)C2CCCCN2)ccc1OC(F)F.Cl. The minimum Gasteiger partial charge on any atom is -0.490 e. The Kier molecular flexibility index (Phi) is 8.78. The third-order valence-corrected chi connectivity index (χ3v) is 3.62. The second kappa shape index (κ2) is 10.3. The average molecular weight is 365 g/mol. The lowest BCUT2D eigenvalue weighted by Crippen LogP contribution is -2.46. The smallest absolute Gasteiger partial charge is 0.387 e. The number of ether oxygens (including phenoxy) is 2. The van der Waals surface area contributed by atoms with Crippen molar-refractivity contribution in [3.63, 3.8) is 0 Å². The Balaban J connectivity index is 0.00000288. The Morgan fingerprint density at radius 2 is 2.17 bits per heavy atom. The summed E-state index contributed by atoms with van der Waals surface area (Å²) >= 11 is 0. The van der Waals surface area contributed by atoms with Gasteiger partial charge < -0.3 is 20.1 Å². The number of alkyl halides is 2. The molecule has 5 nitrogen and oxygen atoms in total. The van der Waals surface area contributed by atoms with Gasteiger partial charge in [0.1, 0.15) is 0 Å². The number of rotatable bonds is 7. The summed E-state index contributed by atoms with van der Waals surface area (Å²) in [5.74, 6) is 0.191. The molecular formula is C16H23ClF2N2O3. The fourth-order valence-corrected chi connectivity index (χ4v) is 2.51. The van der Waals surface area contributed by atoms with Crippen LogP contribution in [0.2, 0.25) is 0 Å². The molecule has 136 valence electrons. The molecule has 1 aliphatic rings. The molecule has 1 aromatic carbocycles. The van der Waals surface area contributed by atoms with Gasteiger partial charge in [-0.05, 0) is 44.0 Å². The predicted octanol–water partition coefficient (Wildman–Crippen LogP) is 2.87. The molecule has 8 heteroatoms. The zero-order valence-electron chi connectivity index (χ0n) is 13.5. The van der Waals surface area contributed by atoms with Gasteiger partial charge in [-0.15, -0.1) is 12.4 Å². The van der Waals surface area contributed by atoms with Crippen LogP contribution in [0.25, 0.3) is 0 Å². The molecular weight excluding hydrogens is 342 g/mol. The molecule has 1 heterocycles. The lowest BCUT2D eigenvalue weighted by atomic mass is 10.0. The molecule has 2 N–H and O–H groups in total. The molecule has 2 rings (SSSR count). The monoisotopic (exact) mass is 364 g/mol. The van der Waals surface area contributed by atoms with Gasteiger partial charge in [0, 0.05) is 6.54 Å². The number of hydrogen-bond acceptors (Lipinski definition) is 4. The minimum absolute atomic E-state index is 0. The summed E-state index contributed by atoms with van der Waals surface area (Å²) in [6.45, 7) is 0.354. The van der Waals surface area contributed by atoms with Crippen molar-refractivity contribution in [2.45, 2.75) is 45.4 Å². The molecule has 0 radical (unpaired) electrons. The van der Waals surface area contributed by atoms with Gasteiger partial charge in [-0.1, -0.05) is 12.5 Å². The third-order valence-electron chi connectivity index (χ3n) is 3.62. The van der Waals surface area contributed by atoms with Gasteiger partial charge in [-0.25, -0.2) is 0 Å². The maximum atomic E-state index is 12.4. The molecule has 1 unspecified atom stereocenters. The van der Waals surface area contributed by atoms with Crippen LogP contribution in [0.5, 0.6) is 11.5 Å². The van der Waals surface area contributed by atoms with Gasteiger partial charge in [0.2, 0.25) is 5.91 Å². The van der Waals surface area contributed by atoms with E-state index in [2.05, 4.69) is 15.4 Å². The highest BCUT2D eigenvalue weighted by atomic mass is 35.5. The van der Waals surface area contributed by atoms with E-state index in [1.807, 2.05) is 0 Å². The zero-order chi connectivity index (χ0) is 16.7. The summed E-state index contributed by atoms with van der Waals surface area (Å²) in [5.41, 5.74) is 0.763. The van der Waals surface area contributed by atoms with Crippen LogP contribution in [0.3, 0.4) is 0 Å². The number of nitrogens with one attached hydrogen (secondary N) is 2. The van der Waals surface area contributed by atoms with Crippen LogP contribution in [-0.4, -0.2) is 31.7 Å². The number of carbonyl (C=O) groups is 1. The van der Waals surface area contributed by atoms with Crippen molar-refractivity contribution in [2.75, 3.05) is 13.2 Å². The van der Waals surface area contributed by atoms with E-state index in [9.17, 15) is 13.6 Å². The normalized spacial score (nSPS) is 17.1. The van der Waals surface area contributed by atoms with Crippen molar-refractivity contribution in [1.29, 1.82) is 0 Å². The number of hydrogen-bond donors (Lipinski definition) is 2. The third kappa shape index (κ3) is 6.13. The van der Waals surface area contributed by atoms with Crippen molar-refractivity contribution in [3.8, 4) is 11.5 Å². The van der Waals surface area contributed by atoms with Crippen LogP contribution in [0.15, 0.2) is 18.2 Å². The summed E-state index contributed by atoms with van der Waals surface area (Å²) in [7, 11) is 0. The fraction of sp³-hybridized carbons (Fsp3) is 0.562. The highest BCUT2D eigenvalue weighted by Gasteiger charge is 2.20. The van der Waals surface area contributed by atoms with E-state index in [-0.39, 0.29) is 35.9 Å². The summed E-state index contributed by atoms with van der Waals surface area (Å²) in [6.07, 6.45) is 2.96. The number of piperidine rings is 1. The standard InChI is InChI=1S/C16H22F2N2O3.ClH/c1-2-22-14-9-11(6-7-13(14)23-16(17)18)10-20-15(21)12-5-3-4-8-19-12;/h6-7,9,12,16,19H,2-5,8,10H2,1H3,(H,20,21);1H. The maximum absolute atomic E-state index is 12.4. The molecule has 0 aliphatic carbocycles. The Bertz CT molecular complexity index is 526. The van der Waals surface area contributed by atoms with Gasteiger partial charge in [0.15, 0.2) is 11.5 Å².